The number of hydrogen-bond acceptors (Lipinski definition) is 2. The van der Waals surface area contributed by atoms with Crippen molar-refractivity contribution in [2.45, 2.75) is 26.2 Å². The second kappa shape index (κ2) is 5.76. The lowest BCUT2D eigenvalue weighted by Gasteiger charge is -2.18. The summed E-state index contributed by atoms with van der Waals surface area (Å²) < 4.78 is 0. The van der Waals surface area contributed by atoms with Gasteiger partial charge in [-0.2, -0.15) is 0 Å². The molecule has 1 aromatic rings. The number of anilines is 2. The predicted molar refractivity (Wildman–Crippen MR) is 82.2 cm³/mol. The zero-order valence-electron chi connectivity index (χ0n) is 12.3. The highest BCUT2D eigenvalue weighted by Gasteiger charge is 2.39. The molecule has 2 fully saturated rings. The topological polar surface area (TPSA) is 61.4 Å². The summed E-state index contributed by atoms with van der Waals surface area (Å²) in [6.45, 7) is 3.69. The summed E-state index contributed by atoms with van der Waals surface area (Å²) in [4.78, 5) is 26.0. The third-order valence-corrected chi connectivity index (χ3v) is 4.27. The number of amides is 3. The Kier molecular flexibility index (Phi) is 3.82. The first-order chi connectivity index (χ1) is 10.1. The highest BCUT2D eigenvalue weighted by molar-refractivity contribution is 6.00. The van der Waals surface area contributed by atoms with Crippen LogP contribution < -0.4 is 10.6 Å². The van der Waals surface area contributed by atoms with Gasteiger partial charge in [0.25, 0.3) is 0 Å². The number of benzene rings is 1. The molecule has 1 saturated carbocycles. The third kappa shape index (κ3) is 3.17. The van der Waals surface area contributed by atoms with Gasteiger partial charge in [-0.25, -0.2) is 4.79 Å². The molecule has 3 amide bonds. The van der Waals surface area contributed by atoms with Crippen molar-refractivity contribution in [2.24, 2.45) is 11.8 Å². The van der Waals surface area contributed by atoms with Gasteiger partial charge in [0, 0.05) is 19.0 Å². The van der Waals surface area contributed by atoms with Gasteiger partial charge in [-0.15, -0.1) is 0 Å². The van der Waals surface area contributed by atoms with Crippen LogP contribution in [0.2, 0.25) is 0 Å². The molecule has 2 aliphatic rings. The Bertz CT molecular complexity index is 552. The molecule has 2 unspecified atom stereocenters. The second-order valence-electron chi connectivity index (χ2n) is 5.98. The van der Waals surface area contributed by atoms with Gasteiger partial charge >= 0.3 is 6.03 Å². The molecule has 1 heterocycles. The molecule has 2 N–H and O–H groups in total. The highest BCUT2D eigenvalue weighted by Crippen LogP contribution is 2.39. The number of nitrogens with zero attached hydrogens (tertiary/aromatic N) is 1. The van der Waals surface area contributed by atoms with Crippen LogP contribution in [0.15, 0.2) is 24.3 Å². The molecule has 21 heavy (non-hydrogen) atoms. The van der Waals surface area contributed by atoms with Crippen LogP contribution >= 0.6 is 0 Å². The van der Waals surface area contributed by atoms with Crippen molar-refractivity contribution < 1.29 is 9.59 Å². The number of para-hydroxylation sites is 2. The summed E-state index contributed by atoms with van der Waals surface area (Å²) in [6, 6.07) is 7.27. The molecule has 0 aromatic heterocycles. The zero-order chi connectivity index (χ0) is 14.8. The van der Waals surface area contributed by atoms with Crippen LogP contribution in [0.25, 0.3) is 0 Å². The monoisotopic (exact) mass is 287 g/mol. The molecule has 1 aromatic carbocycles. The Morgan fingerprint density at radius 1 is 1.10 bits per heavy atom. The molecule has 112 valence electrons. The van der Waals surface area contributed by atoms with E-state index in [4.69, 9.17) is 0 Å². The fraction of sp³-hybridized carbons (Fsp3) is 0.500. The molecular formula is C16H21N3O2. The number of urea groups is 1. The Morgan fingerprint density at radius 2 is 1.67 bits per heavy atom. The van der Waals surface area contributed by atoms with Crippen molar-refractivity contribution in [1.29, 1.82) is 0 Å². The molecule has 1 aliphatic heterocycles. The van der Waals surface area contributed by atoms with Gasteiger partial charge in [-0.3, -0.25) is 4.79 Å². The summed E-state index contributed by atoms with van der Waals surface area (Å²) in [6.07, 6.45) is 3.07. The molecule has 1 aliphatic carbocycles. The number of likely N-dealkylation sites (tertiary alicyclic amines) is 1. The maximum absolute atomic E-state index is 12.2. The van der Waals surface area contributed by atoms with E-state index >= 15 is 0 Å². The van der Waals surface area contributed by atoms with Crippen molar-refractivity contribution in [3.63, 3.8) is 0 Å². The Hall–Kier alpha value is -2.04. The number of hydrogen-bond donors (Lipinski definition) is 2. The van der Waals surface area contributed by atoms with E-state index in [0.29, 0.717) is 17.3 Å². The quantitative estimate of drug-likeness (QED) is 0.898. The summed E-state index contributed by atoms with van der Waals surface area (Å²) in [5.41, 5.74) is 1.34. The van der Waals surface area contributed by atoms with E-state index in [0.717, 1.165) is 32.4 Å². The van der Waals surface area contributed by atoms with E-state index in [9.17, 15) is 9.59 Å². The van der Waals surface area contributed by atoms with E-state index in [1.54, 1.807) is 0 Å². The lowest BCUT2D eigenvalue weighted by atomic mass is 10.2. The van der Waals surface area contributed by atoms with Crippen LogP contribution in [0.4, 0.5) is 16.2 Å². The van der Waals surface area contributed by atoms with Crippen LogP contribution in [-0.4, -0.2) is 29.9 Å². The number of nitrogens with one attached hydrogen (secondary N) is 2. The van der Waals surface area contributed by atoms with Gasteiger partial charge in [0.1, 0.15) is 0 Å². The molecular weight excluding hydrogens is 266 g/mol. The standard InChI is InChI=1S/C16H21N3O2/c1-11-10-12(11)15(20)17-13-6-2-3-7-14(13)18-16(21)19-8-4-5-9-19/h2-3,6-7,11-12H,4-5,8-10H2,1H3,(H,17,20)(H,18,21). The van der Waals surface area contributed by atoms with Crippen LogP contribution in [0.5, 0.6) is 0 Å². The van der Waals surface area contributed by atoms with Crippen molar-refractivity contribution in [2.75, 3.05) is 23.7 Å². The van der Waals surface area contributed by atoms with Crippen LogP contribution in [0.1, 0.15) is 26.2 Å². The zero-order valence-corrected chi connectivity index (χ0v) is 12.3. The summed E-state index contributed by atoms with van der Waals surface area (Å²) in [7, 11) is 0. The van der Waals surface area contributed by atoms with E-state index in [2.05, 4.69) is 17.6 Å². The number of carbonyl (C=O) groups is 2. The second-order valence-corrected chi connectivity index (χ2v) is 5.98. The lowest BCUT2D eigenvalue weighted by molar-refractivity contribution is -0.117. The first-order valence-electron chi connectivity index (χ1n) is 7.61. The summed E-state index contributed by atoms with van der Waals surface area (Å²) >= 11 is 0. The van der Waals surface area contributed by atoms with Crippen molar-refractivity contribution in [1.82, 2.24) is 4.90 Å². The first-order valence-corrected chi connectivity index (χ1v) is 7.61. The fourth-order valence-corrected chi connectivity index (χ4v) is 2.73. The molecule has 3 rings (SSSR count). The van der Waals surface area contributed by atoms with Gasteiger partial charge in [0.15, 0.2) is 0 Å². The molecule has 0 bridgehead atoms. The Labute approximate surface area is 124 Å². The molecule has 2 atom stereocenters. The van der Waals surface area contributed by atoms with E-state index in [1.807, 2.05) is 29.2 Å². The average Bonchev–Trinajstić information content (AvgIpc) is 2.99. The van der Waals surface area contributed by atoms with Crippen molar-refractivity contribution in [3.05, 3.63) is 24.3 Å². The highest BCUT2D eigenvalue weighted by atomic mass is 16.2. The van der Waals surface area contributed by atoms with Gasteiger partial charge < -0.3 is 15.5 Å². The predicted octanol–water partition coefficient (Wildman–Crippen LogP) is 2.91. The normalized spacial score (nSPS) is 23.8. The van der Waals surface area contributed by atoms with E-state index < -0.39 is 0 Å². The van der Waals surface area contributed by atoms with Crippen molar-refractivity contribution in [3.8, 4) is 0 Å². The smallest absolute Gasteiger partial charge is 0.321 e. The van der Waals surface area contributed by atoms with Gasteiger partial charge in [0.2, 0.25) is 5.91 Å². The summed E-state index contributed by atoms with van der Waals surface area (Å²) in [5, 5.41) is 5.83. The summed E-state index contributed by atoms with van der Waals surface area (Å²) in [5.74, 6) is 0.633. The maximum Gasteiger partial charge on any atom is 0.321 e. The first kappa shape index (κ1) is 13.9. The van der Waals surface area contributed by atoms with Crippen LogP contribution in [0, 0.1) is 11.8 Å². The largest absolute Gasteiger partial charge is 0.325 e. The van der Waals surface area contributed by atoms with Crippen LogP contribution in [0.3, 0.4) is 0 Å². The molecule has 0 radical (unpaired) electrons. The lowest BCUT2D eigenvalue weighted by Crippen LogP contribution is -2.32. The Balaban J connectivity index is 1.67. The average molecular weight is 287 g/mol. The molecule has 5 nitrogen and oxygen atoms in total. The molecule has 1 saturated heterocycles. The molecule has 5 heteroatoms. The number of rotatable bonds is 3. The van der Waals surface area contributed by atoms with Gasteiger partial charge in [-0.05, 0) is 37.3 Å². The Morgan fingerprint density at radius 3 is 2.24 bits per heavy atom. The van der Waals surface area contributed by atoms with Gasteiger partial charge in [-0.1, -0.05) is 19.1 Å². The minimum absolute atomic E-state index is 0.0466. The minimum atomic E-state index is -0.0889. The SMILES string of the molecule is CC1CC1C(=O)Nc1ccccc1NC(=O)N1CCCC1. The van der Waals surface area contributed by atoms with Gasteiger partial charge in [0.05, 0.1) is 11.4 Å². The minimum Gasteiger partial charge on any atom is -0.325 e. The van der Waals surface area contributed by atoms with E-state index in [1.165, 1.54) is 0 Å². The third-order valence-electron chi connectivity index (χ3n) is 4.27. The maximum atomic E-state index is 12.2. The van der Waals surface area contributed by atoms with Crippen molar-refractivity contribution >= 4 is 23.3 Å². The van der Waals surface area contributed by atoms with E-state index in [-0.39, 0.29) is 17.9 Å². The molecule has 0 spiro atoms. The number of carbonyl (C=O) groups excluding carboxylic acids is 2. The van der Waals surface area contributed by atoms with Crippen LogP contribution in [-0.2, 0) is 4.79 Å². The fourth-order valence-electron chi connectivity index (χ4n) is 2.73.